The first-order chi connectivity index (χ1) is 10.0. The fourth-order valence-corrected chi connectivity index (χ4v) is 2.10. The van der Waals surface area contributed by atoms with Crippen molar-refractivity contribution in [1.82, 2.24) is 9.38 Å². The second kappa shape index (κ2) is 5.12. The van der Waals surface area contributed by atoms with E-state index in [0.717, 1.165) is 29.2 Å². The maximum atomic E-state index is 12.5. The molecule has 2 heterocycles. The molecule has 3 aromatic rings. The molecule has 21 heavy (non-hydrogen) atoms. The average Bonchev–Trinajstić information content (AvgIpc) is 2.93. The minimum Gasteiger partial charge on any atom is -0.367 e. The molecule has 0 aliphatic rings. The molecule has 0 fully saturated rings. The van der Waals surface area contributed by atoms with Gasteiger partial charge in [-0.2, -0.15) is 13.2 Å². The van der Waals surface area contributed by atoms with Gasteiger partial charge in [0.05, 0.1) is 5.56 Å². The van der Waals surface area contributed by atoms with Gasteiger partial charge in [-0.05, 0) is 29.8 Å². The Balaban J connectivity index is 1.74. The van der Waals surface area contributed by atoms with Crippen LogP contribution in [0, 0.1) is 0 Å². The monoisotopic (exact) mass is 291 g/mol. The van der Waals surface area contributed by atoms with Crippen LogP contribution in [0.5, 0.6) is 0 Å². The highest BCUT2D eigenvalue weighted by atomic mass is 19.4. The molecule has 0 saturated carbocycles. The van der Waals surface area contributed by atoms with Crippen molar-refractivity contribution in [3.8, 4) is 0 Å². The van der Waals surface area contributed by atoms with Gasteiger partial charge in [0, 0.05) is 18.9 Å². The number of fused-ring (bicyclic) bond motifs is 1. The summed E-state index contributed by atoms with van der Waals surface area (Å²) in [7, 11) is 0. The molecule has 0 saturated heterocycles. The summed E-state index contributed by atoms with van der Waals surface area (Å²) in [6.07, 6.45) is -0.780. The van der Waals surface area contributed by atoms with Gasteiger partial charge in [-0.25, -0.2) is 4.98 Å². The first kappa shape index (κ1) is 13.5. The number of rotatable bonds is 3. The molecule has 6 heteroatoms. The lowest BCUT2D eigenvalue weighted by molar-refractivity contribution is -0.137. The molecule has 0 spiro atoms. The SMILES string of the molecule is FC(F)(F)c1ccc(CNc2cccc3nccn23)cc1. The van der Waals surface area contributed by atoms with Crippen molar-refractivity contribution in [3.63, 3.8) is 0 Å². The van der Waals surface area contributed by atoms with Crippen LogP contribution in [0.1, 0.15) is 11.1 Å². The van der Waals surface area contributed by atoms with Gasteiger partial charge in [-0.15, -0.1) is 0 Å². The fourth-order valence-electron chi connectivity index (χ4n) is 2.10. The highest BCUT2D eigenvalue weighted by molar-refractivity contribution is 5.50. The van der Waals surface area contributed by atoms with Crippen molar-refractivity contribution in [3.05, 3.63) is 66.0 Å². The Labute approximate surface area is 119 Å². The summed E-state index contributed by atoms with van der Waals surface area (Å²) < 4.78 is 39.3. The Morgan fingerprint density at radius 2 is 1.81 bits per heavy atom. The average molecular weight is 291 g/mol. The van der Waals surface area contributed by atoms with Crippen LogP contribution in [0.4, 0.5) is 19.0 Å². The van der Waals surface area contributed by atoms with Crippen molar-refractivity contribution in [2.24, 2.45) is 0 Å². The van der Waals surface area contributed by atoms with Crippen LogP contribution >= 0.6 is 0 Å². The van der Waals surface area contributed by atoms with Gasteiger partial charge in [0.15, 0.2) is 0 Å². The first-order valence-electron chi connectivity index (χ1n) is 6.36. The van der Waals surface area contributed by atoms with E-state index in [0.29, 0.717) is 6.54 Å². The topological polar surface area (TPSA) is 29.3 Å². The van der Waals surface area contributed by atoms with E-state index in [-0.39, 0.29) is 0 Å². The lowest BCUT2D eigenvalue weighted by Crippen LogP contribution is -2.06. The third-order valence-electron chi connectivity index (χ3n) is 3.18. The Kier molecular flexibility index (Phi) is 3.29. The molecule has 0 atom stereocenters. The van der Waals surface area contributed by atoms with Crippen LogP contribution < -0.4 is 5.32 Å². The fraction of sp³-hybridized carbons (Fsp3) is 0.133. The van der Waals surface area contributed by atoms with Crippen molar-refractivity contribution < 1.29 is 13.2 Å². The minimum absolute atomic E-state index is 0.440. The molecule has 2 aromatic heterocycles. The minimum atomic E-state index is -4.30. The smallest absolute Gasteiger partial charge is 0.367 e. The number of pyridine rings is 1. The third kappa shape index (κ3) is 2.84. The molecule has 0 unspecified atom stereocenters. The van der Waals surface area contributed by atoms with E-state index in [1.54, 1.807) is 6.20 Å². The van der Waals surface area contributed by atoms with Gasteiger partial charge in [0.25, 0.3) is 0 Å². The number of imidazole rings is 1. The highest BCUT2D eigenvalue weighted by Gasteiger charge is 2.29. The lowest BCUT2D eigenvalue weighted by atomic mass is 10.1. The van der Waals surface area contributed by atoms with Gasteiger partial charge in [-0.1, -0.05) is 18.2 Å². The zero-order valence-electron chi connectivity index (χ0n) is 10.9. The number of hydrogen-bond donors (Lipinski definition) is 1. The molecule has 0 aliphatic carbocycles. The Bertz CT molecular complexity index is 745. The molecule has 0 amide bonds. The van der Waals surface area contributed by atoms with E-state index in [1.165, 1.54) is 12.1 Å². The second-order valence-electron chi connectivity index (χ2n) is 4.61. The Hall–Kier alpha value is -2.50. The number of hydrogen-bond acceptors (Lipinski definition) is 2. The van der Waals surface area contributed by atoms with Crippen LogP contribution in [-0.2, 0) is 12.7 Å². The van der Waals surface area contributed by atoms with Crippen LogP contribution in [0.3, 0.4) is 0 Å². The molecule has 1 aromatic carbocycles. The summed E-state index contributed by atoms with van der Waals surface area (Å²) in [4.78, 5) is 4.17. The number of nitrogens with one attached hydrogen (secondary N) is 1. The van der Waals surface area contributed by atoms with Crippen molar-refractivity contribution in [2.45, 2.75) is 12.7 Å². The van der Waals surface area contributed by atoms with Crippen molar-refractivity contribution in [1.29, 1.82) is 0 Å². The Morgan fingerprint density at radius 1 is 1.05 bits per heavy atom. The van der Waals surface area contributed by atoms with Crippen LogP contribution in [0.15, 0.2) is 54.9 Å². The number of aromatic nitrogens is 2. The van der Waals surface area contributed by atoms with Gasteiger partial charge in [0.2, 0.25) is 0 Å². The standard InChI is InChI=1S/C15H12F3N3/c16-15(17,18)12-6-4-11(5-7-12)10-20-14-3-1-2-13-19-8-9-21(13)14/h1-9,20H,10H2. The highest BCUT2D eigenvalue weighted by Crippen LogP contribution is 2.29. The maximum absolute atomic E-state index is 12.5. The zero-order valence-corrected chi connectivity index (χ0v) is 10.9. The number of benzene rings is 1. The summed E-state index contributed by atoms with van der Waals surface area (Å²) in [5, 5.41) is 3.19. The van der Waals surface area contributed by atoms with E-state index in [1.807, 2.05) is 28.8 Å². The van der Waals surface area contributed by atoms with Crippen molar-refractivity contribution >= 4 is 11.5 Å². The largest absolute Gasteiger partial charge is 0.416 e. The number of alkyl halides is 3. The summed E-state index contributed by atoms with van der Waals surface area (Å²) in [6, 6.07) is 10.8. The number of anilines is 1. The summed E-state index contributed by atoms with van der Waals surface area (Å²) >= 11 is 0. The summed E-state index contributed by atoms with van der Waals surface area (Å²) in [5.41, 5.74) is 0.954. The summed E-state index contributed by atoms with van der Waals surface area (Å²) in [5.74, 6) is 0.838. The molecule has 108 valence electrons. The number of halogens is 3. The van der Waals surface area contributed by atoms with E-state index >= 15 is 0 Å². The van der Waals surface area contributed by atoms with E-state index in [9.17, 15) is 13.2 Å². The molecular formula is C15H12F3N3. The molecule has 1 N–H and O–H groups in total. The first-order valence-corrected chi connectivity index (χ1v) is 6.36. The van der Waals surface area contributed by atoms with E-state index in [4.69, 9.17) is 0 Å². The quantitative estimate of drug-likeness (QED) is 0.791. The van der Waals surface area contributed by atoms with Crippen LogP contribution in [0.25, 0.3) is 5.65 Å². The van der Waals surface area contributed by atoms with Crippen molar-refractivity contribution in [2.75, 3.05) is 5.32 Å². The van der Waals surface area contributed by atoms with Gasteiger partial charge < -0.3 is 5.32 Å². The molecule has 0 bridgehead atoms. The molecular weight excluding hydrogens is 279 g/mol. The number of nitrogens with zero attached hydrogens (tertiary/aromatic N) is 2. The van der Waals surface area contributed by atoms with Crippen LogP contribution in [-0.4, -0.2) is 9.38 Å². The van der Waals surface area contributed by atoms with E-state index in [2.05, 4.69) is 10.3 Å². The van der Waals surface area contributed by atoms with E-state index < -0.39 is 11.7 Å². The maximum Gasteiger partial charge on any atom is 0.416 e. The predicted octanol–water partition coefficient (Wildman–Crippen LogP) is 3.97. The lowest BCUT2D eigenvalue weighted by Gasteiger charge is -2.10. The van der Waals surface area contributed by atoms with Gasteiger partial charge in [-0.3, -0.25) is 4.40 Å². The molecule has 3 nitrogen and oxygen atoms in total. The van der Waals surface area contributed by atoms with Gasteiger partial charge in [0.1, 0.15) is 11.5 Å². The van der Waals surface area contributed by atoms with Crippen LogP contribution in [0.2, 0.25) is 0 Å². The Morgan fingerprint density at radius 3 is 2.52 bits per heavy atom. The third-order valence-corrected chi connectivity index (χ3v) is 3.18. The molecule has 0 radical (unpaired) electrons. The zero-order chi connectivity index (χ0) is 14.9. The predicted molar refractivity (Wildman–Crippen MR) is 74.0 cm³/mol. The van der Waals surface area contributed by atoms with Gasteiger partial charge >= 0.3 is 6.18 Å². The molecule has 3 rings (SSSR count). The molecule has 0 aliphatic heterocycles. The normalized spacial score (nSPS) is 11.8. The second-order valence-corrected chi connectivity index (χ2v) is 4.61. The summed E-state index contributed by atoms with van der Waals surface area (Å²) in [6.45, 7) is 0.440.